The van der Waals surface area contributed by atoms with Crippen LogP contribution in [0.15, 0.2) is 24.3 Å². The Morgan fingerprint density at radius 3 is 2.40 bits per heavy atom. The van der Waals surface area contributed by atoms with Gasteiger partial charge in [0.1, 0.15) is 0 Å². The Labute approximate surface area is 193 Å². The fourth-order valence-corrected chi connectivity index (χ4v) is 5.60. The number of carbonyl (C=O) groups is 1. The summed E-state index contributed by atoms with van der Waals surface area (Å²) in [5, 5.41) is 3.39. The van der Waals surface area contributed by atoms with E-state index in [1.807, 2.05) is 0 Å². The Hall–Kier alpha value is -1.01. The van der Waals surface area contributed by atoms with E-state index in [1.54, 1.807) is 0 Å². The van der Waals surface area contributed by atoms with Gasteiger partial charge in [0.25, 0.3) is 0 Å². The molecular weight excluding hydrogens is 419 g/mol. The molecule has 30 heavy (non-hydrogen) atoms. The van der Waals surface area contributed by atoms with Crippen LogP contribution in [0.4, 0.5) is 5.69 Å². The van der Waals surface area contributed by atoms with Crippen LogP contribution >= 0.6 is 24.8 Å². The number of carbonyl (C=O) groups excluding carboxylic acids is 1. The highest BCUT2D eigenvalue weighted by Gasteiger charge is 2.39. The number of rotatable bonds is 5. The molecule has 0 aromatic heterocycles. The Balaban J connectivity index is 0.00000160. The van der Waals surface area contributed by atoms with Crippen molar-refractivity contribution in [3.8, 4) is 0 Å². The van der Waals surface area contributed by atoms with Gasteiger partial charge in [0.2, 0.25) is 5.91 Å². The third-order valence-corrected chi connectivity index (χ3v) is 7.10. The van der Waals surface area contributed by atoms with E-state index < -0.39 is 0 Å². The smallest absolute Gasteiger partial charge is 0.221 e. The van der Waals surface area contributed by atoms with Crippen LogP contribution in [0, 0.1) is 18.8 Å². The maximum atomic E-state index is 12.6. The Bertz CT molecular complexity index is 667. The standard InChI is InChI=1S/C23H36N4O.2ClH/c1-17-4-2-7-21(14-17)27-12-10-26(11-13-27)9-8-22(28)25-23-18-5-3-6-19(23)16-20(24)15-18;;/h2,4,7,14,18-20,23H,3,5-6,8-13,15-16,24H2,1H3,(H,25,28);2*1H. The molecule has 3 N–H and O–H groups in total. The Kier molecular flexibility index (Phi) is 9.73. The molecule has 1 amide bonds. The van der Waals surface area contributed by atoms with Gasteiger partial charge < -0.3 is 16.0 Å². The van der Waals surface area contributed by atoms with Crippen molar-refractivity contribution in [2.75, 3.05) is 37.6 Å². The topological polar surface area (TPSA) is 61.6 Å². The lowest BCUT2D eigenvalue weighted by Crippen LogP contribution is -2.54. The van der Waals surface area contributed by atoms with Gasteiger partial charge in [-0.2, -0.15) is 0 Å². The van der Waals surface area contributed by atoms with E-state index in [2.05, 4.69) is 46.3 Å². The zero-order chi connectivity index (χ0) is 19.5. The predicted molar refractivity (Wildman–Crippen MR) is 129 cm³/mol. The molecule has 2 unspecified atom stereocenters. The van der Waals surface area contributed by atoms with E-state index in [-0.39, 0.29) is 30.7 Å². The van der Waals surface area contributed by atoms with E-state index in [9.17, 15) is 4.79 Å². The summed E-state index contributed by atoms with van der Waals surface area (Å²) in [4.78, 5) is 17.5. The molecule has 5 nitrogen and oxygen atoms in total. The van der Waals surface area contributed by atoms with Crippen LogP contribution in [0.2, 0.25) is 0 Å². The van der Waals surface area contributed by atoms with Crippen LogP contribution in [-0.2, 0) is 4.79 Å². The summed E-state index contributed by atoms with van der Waals surface area (Å²) < 4.78 is 0. The first-order valence-corrected chi connectivity index (χ1v) is 11.2. The van der Waals surface area contributed by atoms with Crippen molar-refractivity contribution in [1.82, 2.24) is 10.2 Å². The molecule has 1 aromatic carbocycles. The summed E-state index contributed by atoms with van der Waals surface area (Å²) in [7, 11) is 0. The molecule has 3 fully saturated rings. The molecule has 2 aliphatic carbocycles. The molecule has 2 saturated carbocycles. The Morgan fingerprint density at radius 2 is 1.77 bits per heavy atom. The fourth-order valence-electron chi connectivity index (χ4n) is 5.60. The van der Waals surface area contributed by atoms with Gasteiger partial charge in [-0.3, -0.25) is 9.69 Å². The monoisotopic (exact) mass is 456 g/mol. The second-order valence-corrected chi connectivity index (χ2v) is 9.19. The summed E-state index contributed by atoms with van der Waals surface area (Å²) in [5.41, 5.74) is 8.84. The van der Waals surface area contributed by atoms with Crippen molar-refractivity contribution in [2.24, 2.45) is 17.6 Å². The lowest BCUT2D eigenvalue weighted by atomic mass is 9.67. The number of halogens is 2. The highest BCUT2D eigenvalue weighted by atomic mass is 35.5. The molecular formula is C23H38Cl2N4O. The van der Waals surface area contributed by atoms with E-state index in [0.717, 1.165) is 45.6 Å². The number of aryl methyl sites for hydroxylation is 1. The molecule has 0 spiro atoms. The predicted octanol–water partition coefficient (Wildman–Crippen LogP) is 3.37. The molecule has 1 aliphatic heterocycles. The molecule has 1 saturated heterocycles. The first-order chi connectivity index (χ1) is 13.6. The van der Waals surface area contributed by atoms with Crippen molar-refractivity contribution in [1.29, 1.82) is 0 Å². The minimum absolute atomic E-state index is 0. The van der Waals surface area contributed by atoms with E-state index >= 15 is 0 Å². The maximum absolute atomic E-state index is 12.6. The van der Waals surface area contributed by atoms with Gasteiger partial charge in [0, 0.05) is 56.9 Å². The van der Waals surface area contributed by atoms with Gasteiger partial charge >= 0.3 is 0 Å². The lowest BCUT2D eigenvalue weighted by Gasteiger charge is -2.45. The van der Waals surface area contributed by atoms with Crippen LogP contribution in [0.25, 0.3) is 0 Å². The van der Waals surface area contributed by atoms with Gasteiger partial charge in [-0.15, -0.1) is 24.8 Å². The third-order valence-electron chi connectivity index (χ3n) is 7.10. The number of benzene rings is 1. The number of hydrogen-bond donors (Lipinski definition) is 2. The first-order valence-electron chi connectivity index (χ1n) is 11.2. The van der Waals surface area contributed by atoms with Crippen molar-refractivity contribution in [2.45, 2.75) is 57.5 Å². The summed E-state index contributed by atoms with van der Waals surface area (Å²) in [5.74, 6) is 1.44. The normalized spacial score (nSPS) is 28.8. The average Bonchev–Trinajstić information content (AvgIpc) is 2.67. The number of nitrogens with zero attached hydrogens (tertiary/aromatic N) is 2. The number of fused-ring (bicyclic) bond motifs is 2. The molecule has 0 radical (unpaired) electrons. The molecule has 170 valence electrons. The zero-order valence-electron chi connectivity index (χ0n) is 18.1. The number of hydrogen-bond acceptors (Lipinski definition) is 4. The van der Waals surface area contributed by atoms with Gasteiger partial charge in [0.15, 0.2) is 0 Å². The minimum atomic E-state index is 0. The number of nitrogens with one attached hydrogen (secondary N) is 1. The third kappa shape index (κ3) is 6.25. The Morgan fingerprint density at radius 1 is 1.10 bits per heavy atom. The molecule has 2 bridgehead atoms. The highest BCUT2D eigenvalue weighted by molar-refractivity contribution is 5.85. The number of nitrogens with two attached hydrogens (primary N) is 1. The molecule has 4 rings (SSSR count). The van der Waals surface area contributed by atoms with Gasteiger partial charge in [-0.25, -0.2) is 0 Å². The highest BCUT2D eigenvalue weighted by Crippen LogP contribution is 2.39. The van der Waals surface area contributed by atoms with Crippen LogP contribution < -0.4 is 16.0 Å². The van der Waals surface area contributed by atoms with Crippen molar-refractivity contribution in [3.63, 3.8) is 0 Å². The van der Waals surface area contributed by atoms with E-state index in [0.29, 0.717) is 30.3 Å². The second-order valence-electron chi connectivity index (χ2n) is 9.19. The van der Waals surface area contributed by atoms with Crippen LogP contribution in [0.5, 0.6) is 0 Å². The summed E-state index contributed by atoms with van der Waals surface area (Å²) in [6.45, 7) is 7.16. The van der Waals surface area contributed by atoms with Crippen LogP contribution in [0.3, 0.4) is 0 Å². The van der Waals surface area contributed by atoms with Gasteiger partial charge in [-0.05, 0) is 62.1 Å². The summed E-state index contributed by atoms with van der Waals surface area (Å²) >= 11 is 0. The molecule has 7 heteroatoms. The van der Waals surface area contributed by atoms with Crippen molar-refractivity contribution in [3.05, 3.63) is 29.8 Å². The second kappa shape index (κ2) is 11.6. The van der Waals surface area contributed by atoms with E-state index in [4.69, 9.17) is 5.73 Å². The first kappa shape index (κ1) is 25.3. The van der Waals surface area contributed by atoms with Gasteiger partial charge in [0.05, 0.1) is 0 Å². The largest absolute Gasteiger partial charge is 0.369 e. The van der Waals surface area contributed by atoms with Crippen LogP contribution in [-0.4, -0.2) is 55.6 Å². The number of amides is 1. The van der Waals surface area contributed by atoms with Crippen molar-refractivity contribution >= 4 is 36.4 Å². The quantitative estimate of drug-likeness (QED) is 0.712. The minimum Gasteiger partial charge on any atom is -0.369 e. The number of piperazine rings is 1. The summed E-state index contributed by atoms with van der Waals surface area (Å²) in [6, 6.07) is 9.45. The van der Waals surface area contributed by atoms with E-state index in [1.165, 1.54) is 30.5 Å². The average molecular weight is 457 g/mol. The SMILES string of the molecule is Cc1cccc(N2CCN(CCC(=O)NC3C4CCCC3CC(N)C4)CC2)c1.Cl.Cl. The molecule has 3 aliphatic rings. The van der Waals surface area contributed by atoms with Gasteiger partial charge in [-0.1, -0.05) is 18.6 Å². The maximum Gasteiger partial charge on any atom is 0.221 e. The fraction of sp³-hybridized carbons (Fsp3) is 0.696. The lowest BCUT2D eigenvalue weighted by molar-refractivity contribution is -0.123. The molecule has 1 aromatic rings. The van der Waals surface area contributed by atoms with Crippen LogP contribution in [0.1, 0.15) is 44.1 Å². The van der Waals surface area contributed by atoms with Crippen molar-refractivity contribution < 1.29 is 4.79 Å². The molecule has 2 atom stereocenters. The summed E-state index contributed by atoms with van der Waals surface area (Å²) in [6.07, 6.45) is 6.56. The molecule has 1 heterocycles. The number of anilines is 1. The zero-order valence-corrected chi connectivity index (χ0v) is 19.7.